The van der Waals surface area contributed by atoms with E-state index in [0.717, 1.165) is 21.5 Å². The zero-order valence-corrected chi connectivity index (χ0v) is 17.1. The highest BCUT2D eigenvalue weighted by Gasteiger charge is 2.13. The molecule has 32 heavy (non-hydrogen) atoms. The molecule has 0 saturated carbocycles. The number of hydrogen-bond donors (Lipinski definition) is 2. The van der Waals surface area contributed by atoms with Crippen LogP contribution >= 0.6 is 0 Å². The lowest BCUT2D eigenvalue weighted by atomic mass is 10.1. The molecule has 0 aliphatic heterocycles. The molecule has 0 atom stereocenters. The van der Waals surface area contributed by atoms with E-state index in [4.69, 9.17) is 0 Å². The van der Waals surface area contributed by atoms with Crippen LogP contribution in [0.1, 0.15) is 21.0 Å². The number of anilines is 2. The summed E-state index contributed by atoms with van der Waals surface area (Å²) in [7, 11) is 0. The lowest BCUT2D eigenvalue weighted by Gasteiger charge is -2.09. The van der Waals surface area contributed by atoms with Crippen molar-refractivity contribution in [1.82, 2.24) is 4.98 Å². The molecule has 2 amide bonds. The monoisotopic (exact) mass is 417 g/mol. The van der Waals surface area contributed by atoms with Crippen LogP contribution in [-0.4, -0.2) is 16.8 Å². The zero-order valence-electron chi connectivity index (χ0n) is 17.1. The molecule has 0 aliphatic rings. The minimum Gasteiger partial charge on any atom is -0.321 e. The first-order valence-corrected chi connectivity index (χ1v) is 10.2. The fourth-order valence-electron chi connectivity index (χ4n) is 3.61. The molecule has 0 radical (unpaired) electrons. The molecule has 5 rings (SSSR count). The molecular formula is C27H19N3O2. The first-order chi connectivity index (χ1) is 15.7. The first kappa shape index (κ1) is 19.5. The molecule has 0 saturated heterocycles. The van der Waals surface area contributed by atoms with Crippen LogP contribution < -0.4 is 10.6 Å². The van der Waals surface area contributed by atoms with Gasteiger partial charge in [0.1, 0.15) is 11.4 Å². The van der Waals surface area contributed by atoms with Crippen molar-refractivity contribution in [2.75, 3.05) is 10.6 Å². The Hall–Kier alpha value is -4.51. The van der Waals surface area contributed by atoms with Crippen LogP contribution in [0, 0.1) is 0 Å². The summed E-state index contributed by atoms with van der Waals surface area (Å²) in [4.78, 5) is 29.7. The summed E-state index contributed by atoms with van der Waals surface area (Å²) >= 11 is 0. The summed E-state index contributed by atoms with van der Waals surface area (Å²) in [5.74, 6) is -0.749. The molecule has 1 aromatic heterocycles. The van der Waals surface area contributed by atoms with E-state index in [1.54, 1.807) is 18.2 Å². The van der Waals surface area contributed by atoms with Gasteiger partial charge in [-0.15, -0.1) is 0 Å². The van der Waals surface area contributed by atoms with Crippen LogP contribution in [0.25, 0.3) is 21.5 Å². The SMILES string of the molecule is O=C(Nc1ccc2ccccc2c1)c1cccc(C(=O)Nc2ccc3ccccc3c2)n1. The highest BCUT2D eigenvalue weighted by molar-refractivity contribution is 6.07. The average Bonchev–Trinajstić information content (AvgIpc) is 2.84. The number of nitrogens with zero attached hydrogens (tertiary/aromatic N) is 1. The van der Waals surface area contributed by atoms with Gasteiger partial charge in [0, 0.05) is 11.4 Å². The Labute approximate surface area is 184 Å². The summed E-state index contributed by atoms with van der Waals surface area (Å²) in [5.41, 5.74) is 1.68. The molecule has 5 nitrogen and oxygen atoms in total. The topological polar surface area (TPSA) is 71.1 Å². The molecular weight excluding hydrogens is 398 g/mol. The fraction of sp³-hybridized carbons (Fsp3) is 0. The Morgan fingerprint density at radius 3 is 1.41 bits per heavy atom. The average molecular weight is 417 g/mol. The van der Waals surface area contributed by atoms with Gasteiger partial charge in [-0.05, 0) is 57.9 Å². The molecule has 4 aromatic carbocycles. The predicted octanol–water partition coefficient (Wildman–Crippen LogP) is 5.89. The van der Waals surface area contributed by atoms with Gasteiger partial charge in [-0.2, -0.15) is 0 Å². The van der Waals surface area contributed by atoms with Crippen molar-refractivity contribution in [2.24, 2.45) is 0 Å². The largest absolute Gasteiger partial charge is 0.321 e. The Bertz CT molecular complexity index is 1370. The molecule has 0 spiro atoms. The second-order valence-corrected chi connectivity index (χ2v) is 7.44. The third-order valence-corrected chi connectivity index (χ3v) is 5.23. The maximum Gasteiger partial charge on any atom is 0.274 e. The fourth-order valence-corrected chi connectivity index (χ4v) is 3.61. The van der Waals surface area contributed by atoms with Gasteiger partial charge >= 0.3 is 0 Å². The Kier molecular flexibility index (Phi) is 5.06. The van der Waals surface area contributed by atoms with E-state index in [0.29, 0.717) is 11.4 Å². The third-order valence-electron chi connectivity index (χ3n) is 5.23. The number of rotatable bonds is 4. The van der Waals surface area contributed by atoms with Crippen LogP contribution in [0.5, 0.6) is 0 Å². The van der Waals surface area contributed by atoms with Crippen molar-refractivity contribution in [3.8, 4) is 0 Å². The highest BCUT2D eigenvalue weighted by Crippen LogP contribution is 2.20. The number of nitrogens with one attached hydrogen (secondary N) is 2. The number of aromatic nitrogens is 1. The third kappa shape index (κ3) is 4.04. The van der Waals surface area contributed by atoms with Gasteiger partial charge in [-0.3, -0.25) is 9.59 Å². The zero-order chi connectivity index (χ0) is 21.9. The number of amides is 2. The summed E-state index contributed by atoms with van der Waals surface area (Å²) in [6, 6.07) is 32.1. The second-order valence-electron chi connectivity index (χ2n) is 7.44. The van der Waals surface area contributed by atoms with Gasteiger partial charge in [0.05, 0.1) is 0 Å². The van der Waals surface area contributed by atoms with E-state index >= 15 is 0 Å². The number of benzene rings is 4. The van der Waals surface area contributed by atoms with Crippen molar-refractivity contribution in [3.05, 3.63) is 115 Å². The van der Waals surface area contributed by atoms with Gasteiger partial charge in [0.15, 0.2) is 0 Å². The highest BCUT2D eigenvalue weighted by atomic mass is 16.2. The predicted molar refractivity (Wildman–Crippen MR) is 128 cm³/mol. The van der Waals surface area contributed by atoms with Crippen LogP contribution in [0.4, 0.5) is 11.4 Å². The number of fused-ring (bicyclic) bond motifs is 2. The van der Waals surface area contributed by atoms with Gasteiger partial charge in [0.2, 0.25) is 0 Å². The van der Waals surface area contributed by atoms with Crippen molar-refractivity contribution in [2.45, 2.75) is 0 Å². The molecule has 0 bridgehead atoms. The summed E-state index contributed by atoms with van der Waals surface area (Å²) < 4.78 is 0. The lowest BCUT2D eigenvalue weighted by molar-refractivity contribution is 0.101. The minimum absolute atomic E-state index is 0.171. The second kappa shape index (κ2) is 8.32. The maximum absolute atomic E-state index is 12.7. The van der Waals surface area contributed by atoms with E-state index in [1.807, 2.05) is 84.9 Å². The Morgan fingerprint density at radius 1 is 0.500 bits per heavy atom. The summed E-state index contributed by atoms with van der Waals surface area (Å²) in [5, 5.41) is 9.95. The molecule has 5 heteroatoms. The Morgan fingerprint density at radius 2 is 0.938 bits per heavy atom. The molecule has 1 heterocycles. The quantitative estimate of drug-likeness (QED) is 0.383. The molecule has 0 fully saturated rings. The van der Waals surface area contributed by atoms with E-state index in [1.165, 1.54) is 0 Å². The standard InChI is InChI=1S/C27H19N3O2/c31-26(28-22-14-12-18-6-1-3-8-20(18)16-22)24-10-5-11-25(30-24)27(32)29-23-15-13-19-7-2-4-9-21(19)17-23/h1-17H,(H,28,31)(H,29,32). The van der Waals surface area contributed by atoms with Crippen LogP contribution in [0.2, 0.25) is 0 Å². The normalized spacial score (nSPS) is 10.8. The molecule has 2 N–H and O–H groups in total. The van der Waals surface area contributed by atoms with Gasteiger partial charge < -0.3 is 10.6 Å². The minimum atomic E-state index is -0.374. The summed E-state index contributed by atoms with van der Waals surface area (Å²) in [6.45, 7) is 0. The summed E-state index contributed by atoms with van der Waals surface area (Å²) in [6.07, 6.45) is 0. The van der Waals surface area contributed by atoms with Gasteiger partial charge in [0.25, 0.3) is 11.8 Å². The van der Waals surface area contributed by atoms with Crippen LogP contribution in [0.15, 0.2) is 103 Å². The van der Waals surface area contributed by atoms with Crippen LogP contribution in [-0.2, 0) is 0 Å². The lowest BCUT2D eigenvalue weighted by Crippen LogP contribution is -2.18. The Balaban J connectivity index is 1.33. The first-order valence-electron chi connectivity index (χ1n) is 10.2. The van der Waals surface area contributed by atoms with Gasteiger partial charge in [-0.1, -0.05) is 66.7 Å². The smallest absolute Gasteiger partial charge is 0.274 e. The van der Waals surface area contributed by atoms with Crippen molar-refractivity contribution in [3.63, 3.8) is 0 Å². The van der Waals surface area contributed by atoms with E-state index in [2.05, 4.69) is 15.6 Å². The number of carbonyl (C=O) groups excluding carboxylic acids is 2. The number of hydrogen-bond acceptors (Lipinski definition) is 3. The number of carbonyl (C=O) groups is 2. The van der Waals surface area contributed by atoms with Gasteiger partial charge in [-0.25, -0.2) is 4.98 Å². The van der Waals surface area contributed by atoms with Crippen molar-refractivity contribution >= 4 is 44.7 Å². The molecule has 0 unspecified atom stereocenters. The maximum atomic E-state index is 12.7. The molecule has 0 aliphatic carbocycles. The van der Waals surface area contributed by atoms with Crippen molar-refractivity contribution < 1.29 is 9.59 Å². The number of pyridine rings is 1. The van der Waals surface area contributed by atoms with E-state index in [-0.39, 0.29) is 23.2 Å². The van der Waals surface area contributed by atoms with Crippen LogP contribution in [0.3, 0.4) is 0 Å². The van der Waals surface area contributed by atoms with Crippen molar-refractivity contribution in [1.29, 1.82) is 0 Å². The van der Waals surface area contributed by atoms with E-state index in [9.17, 15) is 9.59 Å². The molecule has 154 valence electrons. The molecule has 5 aromatic rings. The van der Waals surface area contributed by atoms with E-state index < -0.39 is 0 Å².